The summed E-state index contributed by atoms with van der Waals surface area (Å²) in [5, 5.41) is 8.44. The molecule has 0 aliphatic heterocycles. The van der Waals surface area contributed by atoms with Crippen LogP contribution in [0.5, 0.6) is 0 Å². The Bertz CT molecular complexity index is 1070. The lowest BCUT2D eigenvalue weighted by atomic mass is 10.2. The molecule has 0 fully saturated rings. The number of aromatic nitrogens is 1. The lowest BCUT2D eigenvalue weighted by Crippen LogP contribution is -2.23. The highest BCUT2D eigenvalue weighted by Gasteiger charge is 2.14. The van der Waals surface area contributed by atoms with E-state index in [1.54, 1.807) is 18.2 Å². The second kappa shape index (κ2) is 6.86. The van der Waals surface area contributed by atoms with Crippen molar-refractivity contribution in [1.82, 2.24) is 10.5 Å². The Hall–Kier alpha value is -2.76. The molecule has 0 aliphatic carbocycles. The quantitative estimate of drug-likeness (QED) is 0.514. The summed E-state index contributed by atoms with van der Waals surface area (Å²) in [7, 11) is 0. The van der Waals surface area contributed by atoms with Crippen LogP contribution in [0, 0.1) is 0 Å². The predicted octanol–water partition coefficient (Wildman–Crippen LogP) is 5.32. The summed E-state index contributed by atoms with van der Waals surface area (Å²) in [5.41, 5.74) is 1.64. The molecule has 0 bridgehead atoms. The molecule has 2 heterocycles. The van der Waals surface area contributed by atoms with Gasteiger partial charge in [0.2, 0.25) is 5.76 Å². The zero-order chi connectivity index (χ0) is 18.1. The molecule has 4 rings (SSSR count). The lowest BCUT2D eigenvalue weighted by molar-refractivity contribution is 0.0950. The van der Waals surface area contributed by atoms with Gasteiger partial charge in [-0.25, -0.2) is 0 Å². The van der Waals surface area contributed by atoms with Gasteiger partial charge in [-0.05, 0) is 30.3 Å². The minimum atomic E-state index is -0.342. The molecule has 5 nitrogen and oxygen atoms in total. The smallest absolute Gasteiger partial charge is 0.253 e. The first-order valence-electron chi connectivity index (χ1n) is 7.78. The topological polar surface area (TPSA) is 68.3 Å². The Morgan fingerprint density at radius 1 is 1.04 bits per heavy atom. The van der Waals surface area contributed by atoms with Gasteiger partial charge in [0, 0.05) is 16.5 Å². The van der Waals surface area contributed by atoms with E-state index in [4.69, 9.17) is 32.1 Å². The van der Waals surface area contributed by atoms with Crippen molar-refractivity contribution in [1.29, 1.82) is 0 Å². The first-order chi connectivity index (χ1) is 12.6. The number of nitrogens with one attached hydrogen (secondary N) is 1. The molecule has 26 heavy (non-hydrogen) atoms. The summed E-state index contributed by atoms with van der Waals surface area (Å²) >= 11 is 11.9. The number of nitrogens with zero attached hydrogens (tertiary/aromatic N) is 1. The van der Waals surface area contributed by atoms with E-state index < -0.39 is 0 Å². The highest BCUT2D eigenvalue weighted by atomic mass is 35.5. The van der Waals surface area contributed by atoms with Gasteiger partial charge in [-0.15, -0.1) is 0 Å². The number of carbonyl (C=O) groups excluding carboxylic acids is 1. The SMILES string of the molecule is O=C(NCc1cc(-c2cc3ccccc3o2)on1)c1cc(Cl)ccc1Cl. The minimum absolute atomic E-state index is 0.186. The number of fused-ring (bicyclic) bond motifs is 1. The molecule has 1 N–H and O–H groups in total. The van der Waals surface area contributed by atoms with E-state index in [0.717, 1.165) is 11.0 Å². The Balaban J connectivity index is 1.48. The predicted molar refractivity (Wildman–Crippen MR) is 99.3 cm³/mol. The summed E-state index contributed by atoms with van der Waals surface area (Å²) in [4.78, 5) is 12.3. The molecule has 7 heteroatoms. The summed E-state index contributed by atoms with van der Waals surface area (Å²) in [5.74, 6) is 0.728. The maximum Gasteiger partial charge on any atom is 0.253 e. The maximum atomic E-state index is 12.3. The molecule has 2 aromatic heterocycles. The normalized spacial score (nSPS) is 11.0. The highest BCUT2D eigenvalue weighted by molar-refractivity contribution is 6.35. The van der Waals surface area contributed by atoms with Crippen LogP contribution in [0.25, 0.3) is 22.5 Å². The van der Waals surface area contributed by atoms with Crippen molar-refractivity contribution in [3.8, 4) is 11.5 Å². The van der Waals surface area contributed by atoms with Crippen LogP contribution in [0.15, 0.2) is 63.5 Å². The van der Waals surface area contributed by atoms with E-state index in [-0.39, 0.29) is 12.5 Å². The fraction of sp³-hybridized carbons (Fsp3) is 0.0526. The van der Waals surface area contributed by atoms with Gasteiger partial charge < -0.3 is 14.3 Å². The van der Waals surface area contributed by atoms with Crippen molar-refractivity contribution in [3.63, 3.8) is 0 Å². The van der Waals surface area contributed by atoms with Gasteiger partial charge >= 0.3 is 0 Å². The highest BCUT2D eigenvalue weighted by Crippen LogP contribution is 2.28. The molecule has 130 valence electrons. The van der Waals surface area contributed by atoms with Crippen LogP contribution in [0.2, 0.25) is 10.0 Å². The summed E-state index contributed by atoms with van der Waals surface area (Å²) in [6.45, 7) is 0.186. The maximum absolute atomic E-state index is 12.3. The van der Waals surface area contributed by atoms with E-state index in [1.807, 2.05) is 30.3 Å². The zero-order valence-electron chi connectivity index (χ0n) is 13.3. The fourth-order valence-electron chi connectivity index (χ4n) is 2.55. The van der Waals surface area contributed by atoms with Crippen molar-refractivity contribution in [2.45, 2.75) is 6.54 Å². The van der Waals surface area contributed by atoms with Gasteiger partial charge in [0.25, 0.3) is 5.91 Å². The molecule has 0 saturated carbocycles. The van der Waals surface area contributed by atoms with Gasteiger partial charge in [0.15, 0.2) is 5.76 Å². The molecule has 1 amide bonds. The summed E-state index contributed by atoms with van der Waals surface area (Å²) in [6.07, 6.45) is 0. The van der Waals surface area contributed by atoms with Crippen LogP contribution >= 0.6 is 23.2 Å². The lowest BCUT2D eigenvalue weighted by Gasteiger charge is -2.05. The number of carbonyl (C=O) groups is 1. The molecule has 0 unspecified atom stereocenters. The van der Waals surface area contributed by atoms with E-state index in [1.165, 1.54) is 6.07 Å². The van der Waals surface area contributed by atoms with Gasteiger partial charge in [0.05, 0.1) is 17.1 Å². The van der Waals surface area contributed by atoms with Gasteiger partial charge in [0.1, 0.15) is 11.3 Å². The number of halogens is 2. The fourth-order valence-corrected chi connectivity index (χ4v) is 2.93. The number of hydrogen-bond donors (Lipinski definition) is 1. The number of rotatable bonds is 4. The first kappa shape index (κ1) is 16.7. The standard InChI is InChI=1S/C19H12Cl2N2O3/c20-12-5-6-15(21)14(8-12)19(24)22-10-13-9-18(26-23-13)17-7-11-3-1-2-4-16(11)25-17/h1-9H,10H2,(H,22,24). The monoisotopic (exact) mass is 386 g/mol. The number of amides is 1. The van der Waals surface area contributed by atoms with Gasteiger partial charge in [-0.2, -0.15) is 0 Å². The van der Waals surface area contributed by atoms with Crippen molar-refractivity contribution in [2.24, 2.45) is 0 Å². The van der Waals surface area contributed by atoms with Crippen LogP contribution < -0.4 is 5.32 Å². The average Bonchev–Trinajstić information content (AvgIpc) is 3.28. The Morgan fingerprint density at radius 3 is 2.73 bits per heavy atom. The third-order valence-corrected chi connectivity index (χ3v) is 4.40. The second-order valence-corrected chi connectivity index (χ2v) is 6.48. The zero-order valence-corrected chi connectivity index (χ0v) is 14.8. The molecule has 4 aromatic rings. The second-order valence-electron chi connectivity index (χ2n) is 5.64. The summed E-state index contributed by atoms with van der Waals surface area (Å²) < 4.78 is 11.1. The molecule has 0 atom stereocenters. The molecule has 0 radical (unpaired) electrons. The molecular weight excluding hydrogens is 375 g/mol. The number of para-hydroxylation sites is 1. The Labute approximate surface area is 158 Å². The van der Waals surface area contributed by atoms with Gasteiger partial charge in [-0.1, -0.05) is 46.6 Å². The molecule has 0 saturated heterocycles. The number of benzene rings is 2. The Kier molecular flexibility index (Phi) is 4.41. The third-order valence-electron chi connectivity index (χ3n) is 3.83. The van der Waals surface area contributed by atoms with Crippen LogP contribution in [0.4, 0.5) is 0 Å². The first-order valence-corrected chi connectivity index (χ1v) is 8.53. The molecule has 0 aliphatic rings. The van der Waals surface area contributed by atoms with Crippen LogP contribution in [0.3, 0.4) is 0 Å². The largest absolute Gasteiger partial charge is 0.453 e. The van der Waals surface area contributed by atoms with E-state index in [2.05, 4.69) is 10.5 Å². The van der Waals surface area contributed by atoms with E-state index in [0.29, 0.717) is 32.8 Å². The Morgan fingerprint density at radius 2 is 1.88 bits per heavy atom. The number of hydrogen-bond acceptors (Lipinski definition) is 4. The summed E-state index contributed by atoms with van der Waals surface area (Å²) in [6, 6.07) is 16.0. The van der Waals surface area contributed by atoms with Crippen molar-refractivity contribution in [2.75, 3.05) is 0 Å². The molecule has 0 spiro atoms. The number of furan rings is 1. The minimum Gasteiger partial charge on any atom is -0.453 e. The van der Waals surface area contributed by atoms with Gasteiger partial charge in [-0.3, -0.25) is 4.79 Å². The van der Waals surface area contributed by atoms with Crippen LogP contribution in [0.1, 0.15) is 16.1 Å². The molecule has 2 aromatic carbocycles. The van der Waals surface area contributed by atoms with Crippen molar-refractivity contribution < 1.29 is 13.7 Å². The van der Waals surface area contributed by atoms with Crippen molar-refractivity contribution in [3.05, 3.63) is 75.9 Å². The van der Waals surface area contributed by atoms with Crippen molar-refractivity contribution >= 4 is 40.1 Å². The van der Waals surface area contributed by atoms with E-state index in [9.17, 15) is 4.79 Å². The van der Waals surface area contributed by atoms with E-state index >= 15 is 0 Å². The molecular formula is C19H12Cl2N2O3. The average molecular weight is 387 g/mol. The van der Waals surface area contributed by atoms with Crippen LogP contribution in [-0.4, -0.2) is 11.1 Å². The van der Waals surface area contributed by atoms with Crippen LogP contribution in [-0.2, 0) is 6.54 Å². The third kappa shape index (κ3) is 3.31.